The number of hydrogen-bond donors (Lipinski definition) is 1. The van der Waals surface area contributed by atoms with Crippen LogP contribution >= 0.6 is 12.4 Å². The van der Waals surface area contributed by atoms with Crippen LogP contribution in [0, 0.1) is 0 Å². The van der Waals surface area contributed by atoms with Crippen molar-refractivity contribution in [3.8, 4) is 0 Å². The summed E-state index contributed by atoms with van der Waals surface area (Å²) >= 11 is 0. The van der Waals surface area contributed by atoms with Gasteiger partial charge >= 0.3 is 0 Å². The lowest BCUT2D eigenvalue weighted by atomic mass is 10.0. The lowest BCUT2D eigenvalue weighted by Crippen LogP contribution is -2.47. The lowest BCUT2D eigenvalue weighted by Gasteiger charge is -2.34. The molecule has 2 aromatic rings. The molecule has 1 aliphatic heterocycles. The Labute approximate surface area is 150 Å². The predicted octanol–water partition coefficient (Wildman–Crippen LogP) is 3.79. The molecule has 0 bridgehead atoms. The topological polar surface area (TPSA) is 32.3 Å². The van der Waals surface area contributed by atoms with Crippen LogP contribution in [0.5, 0.6) is 0 Å². The van der Waals surface area contributed by atoms with Gasteiger partial charge in [0, 0.05) is 12.6 Å². The maximum Gasteiger partial charge on any atom is 0.227 e. The number of amides is 1. The fourth-order valence-electron chi connectivity index (χ4n) is 3.50. The van der Waals surface area contributed by atoms with Crippen LogP contribution in [0.15, 0.2) is 42.5 Å². The molecule has 1 N–H and O–H groups in total. The summed E-state index contributed by atoms with van der Waals surface area (Å²) in [6.45, 7) is 5.07. The first kappa shape index (κ1) is 18.8. The maximum absolute atomic E-state index is 12.8. The molecule has 0 atom stereocenters. The zero-order valence-electron chi connectivity index (χ0n) is 14.3. The first-order valence-electron chi connectivity index (χ1n) is 8.76. The van der Waals surface area contributed by atoms with Gasteiger partial charge in [0.1, 0.15) is 0 Å². The Bertz CT molecular complexity index is 667. The number of carbonyl (C=O) groups is 1. The number of carbonyl (C=O) groups excluding carboxylic acids is 1. The van der Waals surface area contributed by atoms with E-state index in [9.17, 15) is 4.79 Å². The van der Waals surface area contributed by atoms with Crippen molar-refractivity contribution < 1.29 is 4.79 Å². The van der Waals surface area contributed by atoms with Crippen molar-refractivity contribution in [3.63, 3.8) is 0 Å². The summed E-state index contributed by atoms with van der Waals surface area (Å²) in [5, 5.41) is 5.82. The molecule has 0 spiro atoms. The van der Waals surface area contributed by atoms with Gasteiger partial charge < -0.3 is 10.2 Å². The van der Waals surface area contributed by atoms with E-state index in [0.29, 0.717) is 12.5 Å². The first-order chi connectivity index (χ1) is 11.3. The highest BCUT2D eigenvalue weighted by Gasteiger charge is 2.24. The molecule has 1 heterocycles. The Morgan fingerprint density at radius 3 is 2.54 bits per heavy atom. The quantitative estimate of drug-likeness (QED) is 0.893. The van der Waals surface area contributed by atoms with Crippen LogP contribution in [-0.2, 0) is 11.2 Å². The SMILES string of the molecule is CCCN(C(=O)Cc1ccc2ccccc2c1)C1CCNCC1.Cl. The Morgan fingerprint density at radius 2 is 1.83 bits per heavy atom. The molecule has 24 heavy (non-hydrogen) atoms. The molecule has 0 saturated carbocycles. The second kappa shape index (κ2) is 9.05. The van der Waals surface area contributed by atoms with E-state index in [-0.39, 0.29) is 18.3 Å². The average molecular weight is 347 g/mol. The Morgan fingerprint density at radius 1 is 1.12 bits per heavy atom. The van der Waals surface area contributed by atoms with Gasteiger partial charge in [-0.05, 0) is 48.7 Å². The summed E-state index contributed by atoms with van der Waals surface area (Å²) < 4.78 is 0. The Kier molecular flexibility index (Phi) is 7.07. The van der Waals surface area contributed by atoms with Gasteiger partial charge in [0.2, 0.25) is 5.91 Å². The maximum atomic E-state index is 12.8. The standard InChI is InChI=1S/C20H26N2O.ClH/c1-2-13-22(19-9-11-21-12-10-19)20(23)15-16-7-8-17-5-3-4-6-18(17)14-16;/h3-8,14,19,21H,2,9-13,15H2,1H3;1H. The summed E-state index contributed by atoms with van der Waals surface area (Å²) in [4.78, 5) is 15.0. The van der Waals surface area contributed by atoms with Crippen molar-refractivity contribution in [3.05, 3.63) is 48.0 Å². The molecule has 1 amide bonds. The molecule has 1 saturated heterocycles. The van der Waals surface area contributed by atoms with E-state index >= 15 is 0 Å². The number of benzene rings is 2. The summed E-state index contributed by atoms with van der Waals surface area (Å²) in [6.07, 6.45) is 3.68. The lowest BCUT2D eigenvalue weighted by molar-refractivity contribution is -0.133. The normalized spacial score (nSPS) is 15.0. The molecule has 3 nitrogen and oxygen atoms in total. The van der Waals surface area contributed by atoms with E-state index < -0.39 is 0 Å². The van der Waals surface area contributed by atoms with Gasteiger partial charge in [-0.2, -0.15) is 0 Å². The van der Waals surface area contributed by atoms with Crippen LogP contribution in [0.4, 0.5) is 0 Å². The summed E-state index contributed by atoms with van der Waals surface area (Å²) in [6, 6.07) is 15.1. The second-order valence-corrected chi connectivity index (χ2v) is 6.43. The third-order valence-electron chi connectivity index (χ3n) is 4.70. The highest BCUT2D eigenvalue weighted by atomic mass is 35.5. The molecular formula is C20H27ClN2O. The molecule has 2 aromatic carbocycles. The van der Waals surface area contributed by atoms with Gasteiger partial charge in [0.25, 0.3) is 0 Å². The van der Waals surface area contributed by atoms with E-state index in [1.165, 1.54) is 10.8 Å². The third-order valence-corrected chi connectivity index (χ3v) is 4.70. The third kappa shape index (κ3) is 4.49. The van der Waals surface area contributed by atoms with Crippen LogP contribution in [0.2, 0.25) is 0 Å². The summed E-state index contributed by atoms with van der Waals surface area (Å²) in [7, 11) is 0. The minimum Gasteiger partial charge on any atom is -0.339 e. The molecule has 130 valence electrons. The van der Waals surface area contributed by atoms with Crippen molar-refractivity contribution >= 4 is 29.1 Å². The number of nitrogens with zero attached hydrogens (tertiary/aromatic N) is 1. The van der Waals surface area contributed by atoms with Crippen molar-refractivity contribution in [1.29, 1.82) is 0 Å². The van der Waals surface area contributed by atoms with Crippen LogP contribution in [-0.4, -0.2) is 36.5 Å². The number of hydrogen-bond acceptors (Lipinski definition) is 2. The van der Waals surface area contributed by atoms with Gasteiger partial charge in [0.15, 0.2) is 0 Å². The number of rotatable bonds is 5. The zero-order valence-corrected chi connectivity index (χ0v) is 15.1. The van der Waals surface area contributed by atoms with Crippen molar-refractivity contribution in [2.45, 2.75) is 38.6 Å². The largest absolute Gasteiger partial charge is 0.339 e. The number of halogens is 1. The monoisotopic (exact) mass is 346 g/mol. The average Bonchev–Trinajstić information content (AvgIpc) is 2.60. The molecule has 0 aromatic heterocycles. The highest BCUT2D eigenvalue weighted by molar-refractivity contribution is 5.86. The molecule has 0 radical (unpaired) electrons. The van der Waals surface area contributed by atoms with E-state index in [1.807, 2.05) is 12.1 Å². The van der Waals surface area contributed by atoms with E-state index in [4.69, 9.17) is 0 Å². The molecule has 4 heteroatoms. The Hall–Kier alpha value is -1.58. The second-order valence-electron chi connectivity index (χ2n) is 6.43. The molecule has 0 unspecified atom stereocenters. The zero-order chi connectivity index (χ0) is 16.1. The number of fused-ring (bicyclic) bond motifs is 1. The van der Waals surface area contributed by atoms with Crippen LogP contribution in [0.1, 0.15) is 31.7 Å². The summed E-state index contributed by atoms with van der Waals surface area (Å²) in [5.74, 6) is 0.272. The van der Waals surface area contributed by atoms with Gasteiger partial charge in [-0.1, -0.05) is 49.4 Å². The summed E-state index contributed by atoms with van der Waals surface area (Å²) in [5.41, 5.74) is 1.11. The Balaban J connectivity index is 0.00000208. The van der Waals surface area contributed by atoms with Crippen molar-refractivity contribution in [1.82, 2.24) is 10.2 Å². The molecule has 0 aliphatic carbocycles. The van der Waals surface area contributed by atoms with Crippen LogP contribution < -0.4 is 5.32 Å². The molecule has 1 aliphatic rings. The highest BCUT2D eigenvalue weighted by Crippen LogP contribution is 2.18. The van der Waals surface area contributed by atoms with E-state index in [1.54, 1.807) is 0 Å². The molecule has 3 rings (SSSR count). The van der Waals surface area contributed by atoms with Crippen LogP contribution in [0.25, 0.3) is 10.8 Å². The van der Waals surface area contributed by atoms with Gasteiger partial charge in [0.05, 0.1) is 6.42 Å². The number of piperidine rings is 1. The smallest absolute Gasteiger partial charge is 0.227 e. The van der Waals surface area contributed by atoms with Gasteiger partial charge in [-0.3, -0.25) is 4.79 Å². The number of nitrogens with one attached hydrogen (secondary N) is 1. The predicted molar refractivity (Wildman–Crippen MR) is 103 cm³/mol. The fraction of sp³-hybridized carbons (Fsp3) is 0.450. The van der Waals surface area contributed by atoms with Gasteiger partial charge in [-0.15, -0.1) is 12.4 Å². The molecule has 1 fully saturated rings. The van der Waals surface area contributed by atoms with Crippen molar-refractivity contribution in [2.75, 3.05) is 19.6 Å². The minimum atomic E-state index is 0. The minimum absolute atomic E-state index is 0. The van der Waals surface area contributed by atoms with E-state index in [0.717, 1.165) is 44.5 Å². The first-order valence-corrected chi connectivity index (χ1v) is 8.76. The molecular weight excluding hydrogens is 320 g/mol. The fourth-order valence-corrected chi connectivity index (χ4v) is 3.50. The van der Waals surface area contributed by atoms with Crippen molar-refractivity contribution in [2.24, 2.45) is 0 Å². The van der Waals surface area contributed by atoms with E-state index in [2.05, 4.69) is 47.5 Å². The van der Waals surface area contributed by atoms with Gasteiger partial charge in [-0.25, -0.2) is 0 Å². The van der Waals surface area contributed by atoms with Crippen LogP contribution in [0.3, 0.4) is 0 Å².